The predicted octanol–water partition coefficient (Wildman–Crippen LogP) is 0.349. The highest BCUT2D eigenvalue weighted by Gasteiger charge is 2.38. The summed E-state index contributed by atoms with van der Waals surface area (Å²) < 4.78 is 27.6. The van der Waals surface area contributed by atoms with Crippen molar-refractivity contribution in [2.24, 2.45) is 7.05 Å². The molecule has 0 bridgehead atoms. The van der Waals surface area contributed by atoms with Crippen molar-refractivity contribution < 1.29 is 13.2 Å². The number of nitrogens with zero attached hydrogens (tertiary/aromatic N) is 7. The van der Waals surface area contributed by atoms with Gasteiger partial charge < -0.3 is 10.2 Å². The van der Waals surface area contributed by atoms with E-state index in [4.69, 9.17) is 0 Å². The van der Waals surface area contributed by atoms with Crippen molar-refractivity contribution in [2.75, 3.05) is 49.5 Å². The highest BCUT2D eigenvalue weighted by Crippen LogP contribution is 2.28. The van der Waals surface area contributed by atoms with Crippen molar-refractivity contribution in [1.29, 1.82) is 0 Å². The van der Waals surface area contributed by atoms with Gasteiger partial charge in [-0.2, -0.15) is 13.5 Å². The van der Waals surface area contributed by atoms with Gasteiger partial charge in [-0.15, -0.1) is 0 Å². The molecule has 4 heterocycles. The second kappa shape index (κ2) is 7.95. The van der Waals surface area contributed by atoms with Crippen LogP contribution in [-0.4, -0.2) is 82.7 Å². The van der Waals surface area contributed by atoms with Crippen molar-refractivity contribution in [3.8, 4) is 0 Å². The predicted molar refractivity (Wildman–Crippen MR) is 106 cm³/mol. The Bertz CT molecular complexity index is 970. The monoisotopic (exact) mass is 420 g/mol. The number of unbranched alkanes of at least 4 members (excludes halogenated alkanes) is 1. The normalized spacial score (nSPS) is 19.1. The van der Waals surface area contributed by atoms with E-state index in [1.807, 2.05) is 0 Å². The Labute approximate surface area is 169 Å². The first-order valence-corrected chi connectivity index (χ1v) is 11.0. The average Bonchev–Trinajstić information content (AvgIpc) is 3.09. The number of carbonyl (C=O) groups is 1. The van der Waals surface area contributed by atoms with Crippen molar-refractivity contribution in [1.82, 2.24) is 29.0 Å². The van der Waals surface area contributed by atoms with Gasteiger partial charge in [0.1, 0.15) is 5.69 Å². The molecule has 2 amide bonds. The van der Waals surface area contributed by atoms with Crippen LogP contribution in [0.15, 0.2) is 29.7 Å². The highest BCUT2D eigenvalue weighted by atomic mass is 32.2. The van der Waals surface area contributed by atoms with E-state index < -0.39 is 16.1 Å². The second-order valence-electron chi connectivity index (χ2n) is 7.11. The van der Waals surface area contributed by atoms with Gasteiger partial charge in [-0.25, -0.2) is 19.1 Å². The quantitative estimate of drug-likeness (QED) is 0.666. The van der Waals surface area contributed by atoms with E-state index in [9.17, 15) is 13.2 Å². The molecule has 0 unspecified atom stereocenters. The van der Waals surface area contributed by atoms with Crippen LogP contribution in [0.2, 0.25) is 0 Å². The first-order valence-electron chi connectivity index (χ1n) is 9.57. The van der Waals surface area contributed by atoms with Crippen LogP contribution < -0.4 is 10.2 Å². The number of urea groups is 1. The average molecular weight is 420 g/mol. The van der Waals surface area contributed by atoms with Gasteiger partial charge in [-0.05, 0) is 25.5 Å². The number of rotatable bonds is 6. The van der Waals surface area contributed by atoms with Crippen LogP contribution in [0.3, 0.4) is 0 Å². The first kappa shape index (κ1) is 19.6. The topological polar surface area (TPSA) is 117 Å². The lowest BCUT2D eigenvalue weighted by Crippen LogP contribution is -2.47. The molecule has 0 saturated carbocycles. The second-order valence-corrected chi connectivity index (χ2v) is 8.89. The molecule has 1 fully saturated rings. The molecule has 1 N–H and O–H groups in total. The van der Waals surface area contributed by atoms with Crippen LogP contribution in [0, 0.1) is 0 Å². The van der Waals surface area contributed by atoms with Crippen molar-refractivity contribution in [2.45, 2.75) is 17.9 Å². The number of aryl methyl sites for hydroxylation is 1. The molecule has 2 aromatic heterocycles. The lowest BCUT2D eigenvalue weighted by Gasteiger charge is -2.34. The number of hydrogen-bond acceptors (Lipinski definition) is 8. The lowest BCUT2D eigenvalue weighted by molar-refractivity contribution is 0.230. The van der Waals surface area contributed by atoms with Crippen molar-refractivity contribution in [3.63, 3.8) is 0 Å². The van der Waals surface area contributed by atoms with Gasteiger partial charge in [0.15, 0.2) is 0 Å². The lowest BCUT2D eigenvalue weighted by atomic mass is 10.2. The zero-order chi connectivity index (χ0) is 20.4. The van der Waals surface area contributed by atoms with E-state index in [1.165, 1.54) is 10.9 Å². The largest absolute Gasteiger partial charge is 0.338 e. The van der Waals surface area contributed by atoms with Gasteiger partial charge in [0.05, 0.1) is 0 Å². The van der Waals surface area contributed by atoms with E-state index in [-0.39, 0.29) is 17.3 Å². The molecular formula is C17H24N8O3S. The molecule has 2 aliphatic heterocycles. The molecule has 12 heteroatoms. The fourth-order valence-corrected chi connectivity index (χ4v) is 5.03. The van der Waals surface area contributed by atoms with Crippen LogP contribution in [-0.2, 0) is 17.1 Å². The smallest absolute Gasteiger partial charge is 0.335 e. The first-order chi connectivity index (χ1) is 13.9. The van der Waals surface area contributed by atoms with E-state index in [2.05, 4.69) is 30.2 Å². The summed E-state index contributed by atoms with van der Waals surface area (Å²) >= 11 is 0. The number of aromatic nitrogens is 4. The number of fused-ring (bicyclic) bond motifs is 1. The molecule has 0 radical (unpaired) electrons. The van der Waals surface area contributed by atoms with Gasteiger partial charge in [0, 0.05) is 58.4 Å². The maximum atomic E-state index is 12.7. The standard InChI is InChI=1S/C17H24N8O3S/c1-22-13-14-15(21-22)29(27,28)25(17(26)20-14)8-3-2-7-23-9-11-24(12-10-23)16-18-5-4-6-19-16/h4-6,13H,2-3,7-12H2,1H3,(H,20,26). The van der Waals surface area contributed by atoms with Crippen molar-refractivity contribution >= 4 is 27.7 Å². The van der Waals surface area contributed by atoms with Gasteiger partial charge in [0.2, 0.25) is 11.0 Å². The summed E-state index contributed by atoms with van der Waals surface area (Å²) in [7, 11) is -2.28. The van der Waals surface area contributed by atoms with Crippen LogP contribution in [0.4, 0.5) is 16.4 Å². The number of amides is 2. The highest BCUT2D eigenvalue weighted by molar-refractivity contribution is 7.89. The van der Waals surface area contributed by atoms with Crippen LogP contribution in [0.1, 0.15) is 12.8 Å². The molecular weight excluding hydrogens is 396 g/mol. The SMILES string of the molecule is Cn1cc2c(n1)S(=O)(=O)N(CCCCN1CCN(c3ncccn3)CC1)C(=O)N2. The van der Waals surface area contributed by atoms with Gasteiger partial charge in [-0.1, -0.05) is 0 Å². The van der Waals surface area contributed by atoms with E-state index in [1.54, 1.807) is 25.5 Å². The molecule has 0 aromatic carbocycles. The molecule has 2 aliphatic rings. The molecule has 29 heavy (non-hydrogen) atoms. The zero-order valence-corrected chi connectivity index (χ0v) is 17.0. The maximum absolute atomic E-state index is 12.7. The third kappa shape index (κ3) is 4.03. The summed E-state index contributed by atoms with van der Waals surface area (Å²) in [4.78, 5) is 25.3. The minimum absolute atomic E-state index is 0.0983. The van der Waals surface area contributed by atoms with Gasteiger partial charge in [-0.3, -0.25) is 9.58 Å². The van der Waals surface area contributed by atoms with Crippen molar-refractivity contribution in [3.05, 3.63) is 24.7 Å². The molecule has 0 spiro atoms. The molecule has 0 aliphatic carbocycles. The fraction of sp³-hybridized carbons (Fsp3) is 0.529. The van der Waals surface area contributed by atoms with Crippen LogP contribution >= 0.6 is 0 Å². The Morgan fingerprint density at radius 1 is 1.07 bits per heavy atom. The fourth-order valence-electron chi connectivity index (χ4n) is 3.57. The zero-order valence-electron chi connectivity index (χ0n) is 16.2. The molecule has 11 nitrogen and oxygen atoms in total. The number of nitrogens with one attached hydrogen (secondary N) is 1. The van der Waals surface area contributed by atoms with Crippen LogP contribution in [0.5, 0.6) is 0 Å². The summed E-state index contributed by atoms with van der Waals surface area (Å²) in [6.07, 6.45) is 6.37. The number of sulfonamides is 1. The molecule has 156 valence electrons. The van der Waals surface area contributed by atoms with Gasteiger partial charge in [0.25, 0.3) is 10.0 Å². The third-order valence-corrected chi connectivity index (χ3v) is 6.81. The maximum Gasteiger partial charge on any atom is 0.335 e. The minimum Gasteiger partial charge on any atom is -0.338 e. The Hall–Kier alpha value is -2.73. The summed E-state index contributed by atoms with van der Waals surface area (Å²) in [5.41, 5.74) is 0.231. The summed E-state index contributed by atoms with van der Waals surface area (Å²) in [6, 6.07) is 1.18. The summed E-state index contributed by atoms with van der Waals surface area (Å²) in [5, 5.41) is 6.47. The number of anilines is 2. The molecule has 1 saturated heterocycles. The Morgan fingerprint density at radius 2 is 1.76 bits per heavy atom. The molecule has 2 aromatic rings. The number of hydrogen-bond donors (Lipinski definition) is 1. The summed E-state index contributed by atoms with van der Waals surface area (Å²) in [6.45, 7) is 4.51. The Morgan fingerprint density at radius 3 is 2.48 bits per heavy atom. The van der Waals surface area contributed by atoms with E-state index >= 15 is 0 Å². The molecule has 4 rings (SSSR count). The molecule has 0 atom stereocenters. The number of piperazine rings is 1. The van der Waals surface area contributed by atoms with E-state index in [0.717, 1.165) is 49.4 Å². The Balaban J connectivity index is 1.25. The Kier molecular flexibility index (Phi) is 5.37. The summed E-state index contributed by atoms with van der Waals surface area (Å²) in [5.74, 6) is 0.752. The van der Waals surface area contributed by atoms with Crippen LogP contribution in [0.25, 0.3) is 0 Å². The number of carbonyl (C=O) groups excluding carboxylic acids is 1. The van der Waals surface area contributed by atoms with E-state index in [0.29, 0.717) is 6.42 Å². The third-order valence-electron chi connectivity index (χ3n) is 5.09. The van der Waals surface area contributed by atoms with Gasteiger partial charge >= 0.3 is 6.03 Å². The minimum atomic E-state index is -3.90.